The molecule has 4 aromatic rings. The Kier molecular flexibility index (Phi) is 5.80. The van der Waals surface area contributed by atoms with Gasteiger partial charge in [0.15, 0.2) is 5.13 Å². The first-order valence-corrected chi connectivity index (χ1v) is 10.1. The summed E-state index contributed by atoms with van der Waals surface area (Å²) in [4.78, 5) is 17.7. The number of hydrogen-bond donors (Lipinski definition) is 0. The highest BCUT2D eigenvalue weighted by Crippen LogP contribution is 2.42. The van der Waals surface area contributed by atoms with E-state index >= 15 is 0 Å². The van der Waals surface area contributed by atoms with E-state index in [-0.39, 0.29) is 28.8 Å². The van der Waals surface area contributed by atoms with Crippen molar-refractivity contribution in [3.8, 4) is 0 Å². The highest BCUT2D eigenvalue weighted by molar-refractivity contribution is 7.22. The van der Waals surface area contributed by atoms with E-state index in [4.69, 9.17) is 0 Å². The van der Waals surface area contributed by atoms with Gasteiger partial charge in [-0.25, -0.2) is 13.8 Å². The van der Waals surface area contributed by atoms with E-state index in [2.05, 4.69) is 4.98 Å². The van der Waals surface area contributed by atoms with Crippen molar-refractivity contribution < 1.29 is 39.9 Å². The number of thiazole rings is 1. The molecule has 1 heterocycles. The molecule has 3 nitrogen and oxygen atoms in total. The minimum absolute atomic E-state index is 0.117. The minimum atomic E-state index is -5.21. The van der Waals surface area contributed by atoms with Gasteiger partial charge >= 0.3 is 12.4 Å². The maximum absolute atomic E-state index is 14.4. The molecule has 176 valence electrons. The Bertz CT molecular complexity index is 1310. The number of anilines is 2. The molecule has 0 radical (unpaired) electrons. The minimum Gasteiger partial charge on any atom is -0.268 e. The zero-order valence-corrected chi connectivity index (χ0v) is 17.3. The Balaban J connectivity index is 2.01. The number of para-hydroxylation sites is 1. The number of hydrogen-bond acceptors (Lipinski definition) is 3. The second-order valence-corrected chi connectivity index (χ2v) is 7.97. The predicted molar refractivity (Wildman–Crippen MR) is 109 cm³/mol. The van der Waals surface area contributed by atoms with Gasteiger partial charge in [0.2, 0.25) is 0 Å². The number of amides is 1. The van der Waals surface area contributed by atoms with Crippen LogP contribution in [-0.4, -0.2) is 10.9 Å². The third-order valence-electron chi connectivity index (χ3n) is 4.68. The van der Waals surface area contributed by atoms with Gasteiger partial charge in [0.1, 0.15) is 17.2 Å². The van der Waals surface area contributed by atoms with Crippen LogP contribution >= 0.6 is 11.3 Å². The molecule has 34 heavy (non-hydrogen) atoms. The molecule has 1 amide bonds. The molecule has 0 aliphatic carbocycles. The zero-order valence-electron chi connectivity index (χ0n) is 16.5. The maximum atomic E-state index is 14.4. The maximum Gasteiger partial charge on any atom is 0.416 e. The predicted octanol–water partition coefficient (Wildman–Crippen LogP) is 7.59. The SMILES string of the molecule is O=C(c1c(F)cccc1F)N(c1cc(C(F)(F)F)cc(C(F)(F)F)c1)c1nc2ccccc2s1. The van der Waals surface area contributed by atoms with E-state index in [1.807, 2.05) is 0 Å². The van der Waals surface area contributed by atoms with E-state index in [9.17, 15) is 39.9 Å². The van der Waals surface area contributed by atoms with Crippen LogP contribution in [0.2, 0.25) is 0 Å². The smallest absolute Gasteiger partial charge is 0.268 e. The molecule has 0 spiro atoms. The van der Waals surface area contributed by atoms with Crippen molar-refractivity contribution in [1.82, 2.24) is 4.98 Å². The van der Waals surface area contributed by atoms with Crippen molar-refractivity contribution in [1.29, 1.82) is 0 Å². The molecule has 0 aliphatic rings. The molecule has 0 atom stereocenters. The summed E-state index contributed by atoms with van der Waals surface area (Å²) in [5, 5.41) is -0.374. The van der Waals surface area contributed by atoms with Crippen LogP contribution in [0.3, 0.4) is 0 Å². The van der Waals surface area contributed by atoms with Crippen molar-refractivity contribution in [3.63, 3.8) is 0 Å². The summed E-state index contributed by atoms with van der Waals surface area (Å²) in [6, 6.07) is 9.10. The fourth-order valence-corrected chi connectivity index (χ4v) is 4.14. The van der Waals surface area contributed by atoms with Gasteiger partial charge in [-0.2, -0.15) is 26.3 Å². The van der Waals surface area contributed by atoms with Crippen LogP contribution in [0.4, 0.5) is 45.9 Å². The fourth-order valence-electron chi connectivity index (χ4n) is 3.15. The molecule has 3 aromatic carbocycles. The van der Waals surface area contributed by atoms with Crippen LogP contribution in [0.25, 0.3) is 10.2 Å². The van der Waals surface area contributed by atoms with Gasteiger partial charge in [-0.15, -0.1) is 0 Å². The third kappa shape index (κ3) is 4.45. The molecular weight excluding hydrogens is 492 g/mol. The van der Waals surface area contributed by atoms with Crippen molar-refractivity contribution in [2.75, 3.05) is 4.90 Å². The first kappa shape index (κ1) is 23.6. The summed E-state index contributed by atoms with van der Waals surface area (Å²) < 4.78 is 110. The summed E-state index contributed by atoms with van der Waals surface area (Å²) in [7, 11) is 0. The van der Waals surface area contributed by atoms with Crippen LogP contribution in [0.1, 0.15) is 21.5 Å². The van der Waals surface area contributed by atoms with Gasteiger partial charge in [-0.3, -0.25) is 9.69 Å². The molecule has 0 saturated carbocycles. The lowest BCUT2D eigenvalue weighted by Gasteiger charge is -2.23. The van der Waals surface area contributed by atoms with Gasteiger partial charge in [-0.1, -0.05) is 29.5 Å². The van der Waals surface area contributed by atoms with Crippen LogP contribution in [0.5, 0.6) is 0 Å². The summed E-state index contributed by atoms with van der Waals surface area (Å²) in [6.45, 7) is 0. The van der Waals surface area contributed by atoms with E-state index < -0.39 is 52.3 Å². The van der Waals surface area contributed by atoms with Crippen LogP contribution in [0, 0.1) is 11.6 Å². The van der Waals surface area contributed by atoms with Crippen LogP contribution in [-0.2, 0) is 12.4 Å². The van der Waals surface area contributed by atoms with Gasteiger partial charge in [0.05, 0.1) is 27.0 Å². The third-order valence-corrected chi connectivity index (χ3v) is 5.71. The fraction of sp³-hybridized carbons (Fsp3) is 0.0909. The molecule has 0 fully saturated rings. The average molecular weight is 502 g/mol. The molecule has 0 unspecified atom stereocenters. The number of aromatic nitrogens is 1. The zero-order chi connectivity index (χ0) is 24.8. The Morgan fingerprint density at radius 2 is 1.35 bits per heavy atom. The number of nitrogens with zero attached hydrogens (tertiary/aromatic N) is 2. The molecule has 0 N–H and O–H groups in total. The Morgan fingerprint density at radius 3 is 1.88 bits per heavy atom. The summed E-state index contributed by atoms with van der Waals surface area (Å²) in [5.74, 6) is -4.22. The largest absolute Gasteiger partial charge is 0.416 e. The van der Waals surface area contributed by atoms with E-state index in [1.165, 1.54) is 6.07 Å². The standard InChI is InChI=1S/C22H10F8N2OS/c23-14-4-3-5-15(24)18(14)19(33)32(20-31-16-6-1-2-7-17(16)34-20)13-9-11(21(25,26)27)8-12(10-13)22(28,29)30/h1-10H. The van der Waals surface area contributed by atoms with E-state index in [0.717, 1.165) is 29.5 Å². The monoisotopic (exact) mass is 502 g/mol. The number of benzene rings is 3. The molecule has 0 aliphatic heterocycles. The molecule has 0 bridgehead atoms. The van der Waals surface area contributed by atoms with Crippen LogP contribution in [0.15, 0.2) is 60.7 Å². The van der Waals surface area contributed by atoms with E-state index in [0.29, 0.717) is 9.60 Å². The van der Waals surface area contributed by atoms with Crippen molar-refractivity contribution in [2.24, 2.45) is 0 Å². The lowest BCUT2D eigenvalue weighted by Crippen LogP contribution is -2.28. The topological polar surface area (TPSA) is 33.2 Å². The summed E-state index contributed by atoms with van der Waals surface area (Å²) in [5.41, 5.74) is -5.20. The molecule has 4 rings (SSSR count). The highest BCUT2D eigenvalue weighted by atomic mass is 32.1. The lowest BCUT2D eigenvalue weighted by molar-refractivity contribution is -0.143. The van der Waals surface area contributed by atoms with Gasteiger partial charge < -0.3 is 0 Å². The van der Waals surface area contributed by atoms with Crippen molar-refractivity contribution in [2.45, 2.75) is 12.4 Å². The van der Waals surface area contributed by atoms with Crippen molar-refractivity contribution >= 4 is 38.3 Å². The van der Waals surface area contributed by atoms with Crippen LogP contribution < -0.4 is 4.90 Å². The Morgan fingerprint density at radius 1 is 0.794 bits per heavy atom. The summed E-state index contributed by atoms with van der Waals surface area (Å²) >= 11 is 0.748. The first-order chi connectivity index (χ1) is 15.9. The lowest BCUT2D eigenvalue weighted by atomic mass is 10.1. The normalized spacial score (nSPS) is 12.2. The second-order valence-electron chi connectivity index (χ2n) is 6.97. The number of carbonyl (C=O) groups is 1. The molecule has 1 aromatic heterocycles. The number of halogens is 8. The average Bonchev–Trinajstić information content (AvgIpc) is 3.16. The molecule has 12 heteroatoms. The number of carbonyl (C=O) groups excluding carboxylic acids is 1. The van der Waals surface area contributed by atoms with Gasteiger partial charge in [0.25, 0.3) is 5.91 Å². The van der Waals surface area contributed by atoms with Crippen molar-refractivity contribution in [3.05, 3.63) is 89.0 Å². The Labute approximate surface area is 189 Å². The van der Waals surface area contributed by atoms with Gasteiger partial charge in [-0.05, 0) is 42.5 Å². The van der Waals surface area contributed by atoms with E-state index in [1.54, 1.807) is 18.2 Å². The highest BCUT2D eigenvalue weighted by Gasteiger charge is 2.39. The second kappa shape index (κ2) is 8.35. The first-order valence-electron chi connectivity index (χ1n) is 9.30. The quantitative estimate of drug-likeness (QED) is 0.271. The summed E-state index contributed by atoms with van der Waals surface area (Å²) in [6.07, 6.45) is -10.4. The van der Waals surface area contributed by atoms with Gasteiger partial charge in [0, 0.05) is 0 Å². The molecular formula is C22H10F8N2OS. The number of rotatable bonds is 3. The Hall–Kier alpha value is -3.54. The number of alkyl halides is 6. The number of fused-ring (bicyclic) bond motifs is 1. The molecule has 0 saturated heterocycles.